The van der Waals surface area contributed by atoms with Crippen LogP contribution in [0.1, 0.15) is 0 Å². The number of hydrogen-bond donors (Lipinski definition) is 2. The summed E-state index contributed by atoms with van der Waals surface area (Å²) in [5.74, 6) is 0. The van der Waals surface area contributed by atoms with Crippen molar-refractivity contribution < 1.29 is 68.2 Å². The standard InChI is InChI=1S/Fe.Mn.Ni.H2O4S/c;;;1-5(2,3)4/h;;;(H2,1,2,3,4). The summed E-state index contributed by atoms with van der Waals surface area (Å²) in [6.45, 7) is 0. The molecule has 4 nitrogen and oxygen atoms in total. The van der Waals surface area contributed by atoms with Crippen molar-refractivity contribution in [2.75, 3.05) is 0 Å². The minimum atomic E-state index is -4.67. The predicted octanol–water partition coefficient (Wildman–Crippen LogP) is -0.660. The van der Waals surface area contributed by atoms with Crippen LogP contribution in [0.5, 0.6) is 0 Å². The number of hydrogen-bond acceptors (Lipinski definition) is 2. The summed E-state index contributed by atoms with van der Waals surface area (Å²) < 4.78 is 31.6. The topological polar surface area (TPSA) is 74.6 Å². The molecule has 0 aliphatic heterocycles. The normalized spacial score (nSPS) is 7.25. The van der Waals surface area contributed by atoms with E-state index in [9.17, 15) is 0 Å². The maximum atomic E-state index is 8.74. The molecule has 0 saturated carbocycles. The quantitative estimate of drug-likeness (QED) is 0.451. The predicted molar refractivity (Wildman–Crippen MR) is 14.2 cm³/mol. The van der Waals surface area contributed by atoms with Crippen LogP contribution in [0.25, 0.3) is 0 Å². The van der Waals surface area contributed by atoms with Crippen molar-refractivity contribution in [1.82, 2.24) is 0 Å². The maximum absolute atomic E-state index is 8.74. The Morgan fingerprint density at radius 3 is 1.12 bits per heavy atom. The molecule has 0 amide bonds. The van der Waals surface area contributed by atoms with Crippen molar-refractivity contribution >= 4 is 10.4 Å². The molecule has 0 atom stereocenters. The minimum Gasteiger partial charge on any atom is -0.264 e. The summed E-state index contributed by atoms with van der Waals surface area (Å²) in [6, 6.07) is 0. The second-order valence-corrected chi connectivity index (χ2v) is 1.34. The van der Waals surface area contributed by atoms with Gasteiger partial charge in [-0.05, 0) is 0 Å². The van der Waals surface area contributed by atoms with Crippen LogP contribution in [0.15, 0.2) is 0 Å². The molecule has 0 aliphatic carbocycles. The van der Waals surface area contributed by atoms with Gasteiger partial charge in [-0.2, -0.15) is 8.42 Å². The molecular formula is H2FeMnNiO4S. The van der Waals surface area contributed by atoms with Crippen molar-refractivity contribution in [2.45, 2.75) is 0 Å². The number of rotatable bonds is 0. The summed E-state index contributed by atoms with van der Waals surface area (Å²) >= 11 is 0. The average Bonchev–Trinajstić information content (AvgIpc) is 0.722. The van der Waals surface area contributed by atoms with E-state index in [4.69, 9.17) is 17.5 Å². The van der Waals surface area contributed by atoms with Gasteiger partial charge in [-0.3, -0.25) is 9.11 Å². The molecule has 0 unspecified atom stereocenters. The van der Waals surface area contributed by atoms with Gasteiger partial charge in [0.1, 0.15) is 0 Å². The van der Waals surface area contributed by atoms with E-state index in [0.717, 1.165) is 0 Å². The van der Waals surface area contributed by atoms with Crippen LogP contribution in [-0.4, -0.2) is 17.5 Å². The van der Waals surface area contributed by atoms with Gasteiger partial charge in [-0.25, -0.2) is 0 Å². The fraction of sp³-hybridized carbons (Fsp3) is 0. The van der Waals surface area contributed by atoms with Crippen LogP contribution in [0.2, 0.25) is 0 Å². The second-order valence-electron chi connectivity index (χ2n) is 0.448. The van der Waals surface area contributed by atoms with Crippen LogP contribution in [0, 0.1) is 0 Å². The van der Waals surface area contributed by atoms with E-state index in [0.29, 0.717) is 0 Å². The zero-order chi connectivity index (χ0) is 4.50. The van der Waals surface area contributed by atoms with E-state index >= 15 is 0 Å². The molecule has 57 valence electrons. The average molecular weight is 268 g/mol. The van der Waals surface area contributed by atoms with Crippen molar-refractivity contribution in [3.8, 4) is 0 Å². The Kier molecular flexibility index (Phi) is 23.9. The van der Waals surface area contributed by atoms with Crippen molar-refractivity contribution in [3.05, 3.63) is 0 Å². The summed E-state index contributed by atoms with van der Waals surface area (Å²) in [5, 5.41) is 0. The molecule has 0 heterocycles. The van der Waals surface area contributed by atoms with E-state index < -0.39 is 10.4 Å². The minimum absolute atomic E-state index is 0. The molecule has 8 heteroatoms. The monoisotopic (exact) mass is 267 g/mol. The first kappa shape index (κ1) is 22.7. The van der Waals surface area contributed by atoms with Gasteiger partial charge in [0.2, 0.25) is 0 Å². The van der Waals surface area contributed by atoms with Crippen LogP contribution in [-0.2, 0) is 61.0 Å². The van der Waals surface area contributed by atoms with Crippen LogP contribution in [0.4, 0.5) is 0 Å². The first-order valence-electron chi connectivity index (χ1n) is 0.698. The zero-order valence-electron chi connectivity index (χ0n) is 3.17. The molecule has 8 heavy (non-hydrogen) atoms. The molecule has 2 N–H and O–H groups in total. The largest absolute Gasteiger partial charge is 0.394 e. The summed E-state index contributed by atoms with van der Waals surface area (Å²) in [5.41, 5.74) is 0. The summed E-state index contributed by atoms with van der Waals surface area (Å²) in [6.07, 6.45) is 0. The van der Waals surface area contributed by atoms with E-state index in [2.05, 4.69) is 0 Å². The Balaban J connectivity index is -0.0000000267. The van der Waals surface area contributed by atoms with Gasteiger partial charge in [0.05, 0.1) is 0 Å². The third kappa shape index (κ3) is 154. The van der Waals surface area contributed by atoms with E-state index in [1.54, 1.807) is 0 Å². The Bertz CT molecular complexity index is 99.2. The second kappa shape index (κ2) is 8.40. The Morgan fingerprint density at radius 2 is 1.12 bits per heavy atom. The Morgan fingerprint density at radius 1 is 1.12 bits per heavy atom. The summed E-state index contributed by atoms with van der Waals surface area (Å²) in [4.78, 5) is 0. The van der Waals surface area contributed by atoms with Crippen molar-refractivity contribution in [3.63, 3.8) is 0 Å². The SMILES string of the molecule is O=S(=O)(O)O.[Fe].[Mn].[Ni]. The molecule has 0 spiro atoms. The van der Waals surface area contributed by atoms with E-state index in [1.165, 1.54) is 0 Å². The molecule has 0 aromatic rings. The molecular weight excluding hydrogens is 266 g/mol. The fourth-order valence-electron chi connectivity index (χ4n) is 0. The molecule has 0 aliphatic rings. The molecule has 1 radical (unpaired) electrons. The molecule has 0 saturated heterocycles. The van der Waals surface area contributed by atoms with E-state index in [-0.39, 0.29) is 50.6 Å². The van der Waals surface area contributed by atoms with Gasteiger partial charge in [-0.1, -0.05) is 0 Å². The van der Waals surface area contributed by atoms with Crippen LogP contribution < -0.4 is 0 Å². The van der Waals surface area contributed by atoms with Gasteiger partial charge in [0.15, 0.2) is 0 Å². The van der Waals surface area contributed by atoms with Gasteiger partial charge >= 0.3 is 10.4 Å². The molecule has 0 rings (SSSR count). The first-order valence-corrected chi connectivity index (χ1v) is 2.10. The Labute approximate surface area is 78.2 Å². The summed E-state index contributed by atoms with van der Waals surface area (Å²) in [7, 11) is -4.67. The zero-order valence-corrected chi connectivity index (χ0v) is 7.26. The molecule has 0 aromatic heterocycles. The molecule has 0 bridgehead atoms. The van der Waals surface area contributed by atoms with E-state index in [1.807, 2.05) is 0 Å². The molecule has 0 fully saturated rings. The fourth-order valence-corrected chi connectivity index (χ4v) is 0. The van der Waals surface area contributed by atoms with Gasteiger partial charge in [0.25, 0.3) is 0 Å². The smallest absolute Gasteiger partial charge is 0.264 e. The van der Waals surface area contributed by atoms with Gasteiger partial charge in [-0.15, -0.1) is 0 Å². The third-order valence-corrected chi connectivity index (χ3v) is 0. The third-order valence-electron chi connectivity index (χ3n) is 0. The molecule has 0 aromatic carbocycles. The van der Waals surface area contributed by atoms with Crippen LogP contribution in [0.3, 0.4) is 0 Å². The van der Waals surface area contributed by atoms with Crippen molar-refractivity contribution in [2.24, 2.45) is 0 Å². The first-order chi connectivity index (χ1) is 2.00. The van der Waals surface area contributed by atoms with Gasteiger partial charge < -0.3 is 0 Å². The van der Waals surface area contributed by atoms with Gasteiger partial charge in [0, 0.05) is 50.6 Å². The van der Waals surface area contributed by atoms with Crippen molar-refractivity contribution in [1.29, 1.82) is 0 Å². The van der Waals surface area contributed by atoms with Crippen LogP contribution >= 0.6 is 0 Å². The maximum Gasteiger partial charge on any atom is 0.394 e. The Hall–Kier alpha value is 1.40.